The molecule has 0 saturated heterocycles. The van der Waals surface area contributed by atoms with Crippen LogP contribution in [0.5, 0.6) is 0 Å². The zero-order valence-corrected chi connectivity index (χ0v) is 14.7. The lowest BCUT2D eigenvalue weighted by Gasteiger charge is -2.15. The van der Waals surface area contributed by atoms with Crippen molar-refractivity contribution >= 4 is 42.8 Å². The van der Waals surface area contributed by atoms with Crippen LogP contribution >= 0.6 is 31.9 Å². The summed E-state index contributed by atoms with van der Waals surface area (Å²) in [6, 6.07) is 13.9. The number of hydrogen-bond donors (Lipinski definition) is 1. The number of aryl methyl sites for hydroxylation is 1. The van der Waals surface area contributed by atoms with E-state index in [0.717, 1.165) is 43.2 Å². The Morgan fingerprint density at radius 1 is 1.14 bits per heavy atom. The Morgan fingerprint density at radius 3 is 2.62 bits per heavy atom. The van der Waals surface area contributed by atoms with Crippen LogP contribution in [0.1, 0.15) is 29.9 Å². The zero-order valence-electron chi connectivity index (χ0n) is 11.6. The first-order valence-corrected chi connectivity index (χ1v) is 8.41. The van der Waals surface area contributed by atoms with Gasteiger partial charge in [0.25, 0.3) is 0 Å². The Hall–Kier alpha value is -1.10. The second-order valence-electron chi connectivity index (χ2n) is 4.93. The highest BCUT2D eigenvalue weighted by molar-refractivity contribution is 9.11. The summed E-state index contributed by atoms with van der Waals surface area (Å²) in [5, 5.41) is 1.09. The van der Waals surface area contributed by atoms with Crippen LogP contribution in [0.2, 0.25) is 0 Å². The fraction of sp³-hybridized carbons (Fsp3) is 0.176. The van der Waals surface area contributed by atoms with Crippen molar-refractivity contribution in [3.8, 4) is 0 Å². The van der Waals surface area contributed by atoms with Crippen LogP contribution in [0.25, 0.3) is 11.0 Å². The minimum absolute atomic E-state index is 0.217. The van der Waals surface area contributed by atoms with E-state index in [1.807, 2.05) is 36.4 Å². The van der Waals surface area contributed by atoms with Crippen LogP contribution in [-0.4, -0.2) is 0 Å². The van der Waals surface area contributed by atoms with Crippen molar-refractivity contribution in [2.75, 3.05) is 0 Å². The fourth-order valence-electron chi connectivity index (χ4n) is 2.63. The Morgan fingerprint density at radius 2 is 1.90 bits per heavy atom. The lowest BCUT2D eigenvalue weighted by molar-refractivity contribution is 0.546. The van der Waals surface area contributed by atoms with Gasteiger partial charge in [0.2, 0.25) is 0 Å². The summed E-state index contributed by atoms with van der Waals surface area (Å²) < 4.78 is 7.97. The summed E-state index contributed by atoms with van der Waals surface area (Å²) in [7, 11) is 0. The van der Waals surface area contributed by atoms with E-state index in [9.17, 15) is 0 Å². The van der Waals surface area contributed by atoms with E-state index in [1.165, 1.54) is 0 Å². The summed E-state index contributed by atoms with van der Waals surface area (Å²) in [5.41, 5.74) is 9.58. The third-order valence-corrected chi connectivity index (χ3v) is 4.82. The number of benzene rings is 2. The molecule has 2 nitrogen and oxygen atoms in total. The second-order valence-corrected chi connectivity index (χ2v) is 6.70. The molecule has 0 aliphatic rings. The highest BCUT2D eigenvalue weighted by Gasteiger charge is 2.21. The molecule has 4 heteroatoms. The van der Waals surface area contributed by atoms with Gasteiger partial charge in [0, 0.05) is 26.3 Å². The molecule has 21 heavy (non-hydrogen) atoms. The molecule has 3 aromatic rings. The largest absolute Gasteiger partial charge is 0.461 e. The van der Waals surface area contributed by atoms with E-state index in [4.69, 9.17) is 10.2 Å². The van der Waals surface area contributed by atoms with Crippen LogP contribution in [0.15, 0.2) is 55.8 Å². The topological polar surface area (TPSA) is 39.2 Å². The monoisotopic (exact) mass is 407 g/mol. The minimum Gasteiger partial charge on any atom is -0.461 e. The van der Waals surface area contributed by atoms with E-state index in [0.29, 0.717) is 0 Å². The number of hydrogen-bond acceptors (Lipinski definition) is 2. The highest BCUT2D eigenvalue weighted by Crippen LogP contribution is 2.36. The first-order valence-electron chi connectivity index (χ1n) is 6.82. The number of furan rings is 1. The maximum atomic E-state index is 6.55. The predicted octanol–water partition coefficient (Wildman–Crippen LogP) is 5.57. The average Bonchev–Trinajstić information content (AvgIpc) is 2.85. The number of rotatable bonds is 3. The van der Waals surface area contributed by atoms with Gasteiger partial charge in [-0.05, 0) is 23.8 Å². The molecule has 0 spiro atoms. The normalized spacial score (nSPS) is 12.8. The molecule has 2 N–H and O–H groups in total. The molecule has 108 valence electrons. The average molecular weight is 409 g/mol. The van der Waals surface area contributed by atoms with Crippen LogP contribution in [0, 0.1) is 0 Å². The number of nitrogens with two attached hydrogens (primary N) is 1. The summed E-state index contributed by atoms with van der Waals surface area (Å²) in [6.07, 6.45) is 0.825. The fourth-order valence-corrected chi connectivity index (χ4v) is 3.92. The van der Waals surface area contributed by atoms with E-state index in [-0.39, 0.29) is 6.04 Å². The molecule has 1 unspecified atom stereocenters. The first-order chi connectivity index (χ1) is 10.1. The maximum Gasteiger partial charge on any atom is 0.134 e. The molecule has 0 saturated carbocycles. The predicted molar refractivity (Wildman–Crippen MR) is 93.5 cm³/mol. The van der Waals surface area contributed by atoms with Crippen LogP contribution in [-0.2, 0) is 6.42 Å². The van der Waals surface area contributed by atoms with E-state index >= 15 is 0 Å². The molecule has 0 fully saturated rings. The number of para-hydroxylation sites is 1. The molecule has 0 amide bonds. The van der Waals surface area contributed by atoms with Crippen molar-refractivity contribution in [1.82, 2.24) is 0 Å². The Labute approximate surface area is 140 Å². The highest BCUT2D eigenvalue weighted by atomic mass is 79.9. The minimum atomic E-state index is -0.217. The SMILES string of the molecule is CCc1oc2ccccc2c1C(N)c1ccc(Br)cc1Br. The van der Waals surface area contributed by atoms with E-state index in [2.05, 4.69) is 44.8 Å². The van der Waals surface area contributed by atoms with Gasteiger partial charge in [0.1, 0.15) is 11.3 Å². The Balaban J connectivity index is 2.18. The zero-order chi connectivity index (χ0) is 15.0. The number of fused-ring (bicyclic) bond motifs is 1. The van der Waals surface area contributed by atoms with Gasteiger partial charge >= 0.3 is 0 Å². The third-order valence-electron chi connectivity index (χ3n) is 3.64. The van der Waals surface area contributed by atoms with Crippen LogP contribution in [0.3, 0.4) is 0 Å². The van der Waals surface area contributed by atoms with E-state index in [1.54, 1.807) is 0 Å². The molecule has 2 aromatic carbocycles. The molecule has 0 radical (unpaired) electrons. The standard InChI is InChI=1S/C17H15Br2NO/c1-2-14-16(12-5-3-4-6-15(12)21-14)17(20)11-8-7-10(18)9-13(11)19/h3-9,17H,2,20H2,1H3. The quantitative estimate of drug-likeness (QED) is 0.615. The maximum absolute atomic E-state index is 6.55. The van der Waals surface area contributed by atoms with Gasteiger partial charge in [-0.15, -0.1) is 0 Å². The van der Waals surface area contributed by atoms with Crippen molar-refractivity contribution in [3.05, 3.63) is 68.3 Å². The second kappa shape index (κ2) is 5.95. The Bertz CT molecular complexity index is 795. The molecule has 0 aliphatic carbocycles. The molecule has 3 rings (SSSR count). The summed E-state index contributed by atoms with van der Waals surface area (Å²) >= 11 is 7.08. The summed E-state index contributed by atoms with van der Waals surface area (Å²) in [5.74, 6) is 0.957. The van der Waals surface area contributed by atoms with Gasteiger partial charge in [0.15, 0.2) is 0 Å². The Kier molecular flexibility index (Phi) is 4.20. The van der Waals surface area contributed by atoms with E-state index < -0.39 is 0 Å². The number of halogens is 2. The molecule has 1 aromatic heterocycles. The summed E-state index contributed by atoms with van der Waals surface area (Å²) in [6.45, 7) is 2.09. The van der Waals surface area contributed by atoms with Crippen molar-refractivity contribution < 1.29 is 4.42 Å². The lowest BCUT2D eigenvalue weighted by atomic mass is 9.96. The van der Waals surface area contributed by atoms with Gasteiger partial charge in [-0.1, -0.05) is 63.0 Å². The summed E-state index contributed by atoms with van der Waals surface area (Å²) in [4.78, 5) is 0. The van der Waals surface area contributed by atoms with Crippen molar-refractivity contribution in [2.24, 2.45) is 5.73 Å². The van der Waals surface area contributed by atoms with Crippen molar-refractivity contribution in [3.63, 3.8) is 0 Å². The molecular formula is C17H15Br2NO. The third kappa shape index (κ3) is 2.68. The first kappa shape index (κ1) is 14.8. The lowest BCUT2D eigenvalue weighted by Crippen LogP contribution is -2.13. The molecule has 1 heterocycles. The van der Waals surface area contributed by atoms with Gasteiger partial charge in [-0.3, -0.25) is 0 Å². The molecule has 0 bridgehead atoms. The van der Waals surface area contributed by atoms with Crippen LogP contribution < -0.4 is 5.73 Å². The van der Waals surface area contributed by atoms with Crippen molar-refractivity contribution in [2.45, 2.75) is 19.4 Å². The van der Waals surface area contributed by atoms with Crippen LogP contribution in [0.4, 0.5) is 0 Å². The molecule has 0 aliphatic heterocycles. The van der Waals surface area contributed by atoms with Gasteiger partial charge < -0.3 is 10.2 Å². The van der Waals surface area contributed by atoms with Gasteiger partial charge in [-0.2, -0.15) is 0 Å². The molecule has 1 atom stereocenters. The smallest absolute Gasteiger partial charge is 0.134 e. The van der Waals surface area contributed by atoms with Gasteiger partial charge in [-0.25, -0.2) is 0 Å². The van der Waals surface area contributed by atoms with Gasteiger partial charge in [0.05, 0.1) is 6.04 Å². The van der Waals surface area contributed by atoms with Crippen molar-refractivity contribution in [1.29, 1.82) is 0 Å². The molecular weight excluding hydrogens is 394 g/mol.